The van der Waals surface area contributed by atoms with Crippen molar-refractivity contribution >= 4 is 0 Å². The third-order valence-electron chi connectivity index (χ3n) is 3.82. The molecule has 2 atom stereocenters. The molecule has 1 aliphatic heterocycles. The van der Waals surface area contributed by atoms with Gasteiger partial charge in [0.25, 0.3) is 0 Å². The summed E-state index contributed by atoms with van der Waals surface area (Å²) in [7, 11) is 0. The number of aryl methyl sites for hydroxylation is 2. The van der Waals surface area contributed by atoms with Gasteiger partial charge in [-0.05, 0) is 54.8 Å². The second kappa shape index (κ2) is 5.37. The Balaban J connectivity index is 1.89. The highest BCUT2D eigenvalue weighted by Gasteiger charge is 2.29. The summed E-state index contributed by atoms with van der Waals surface area (Å²) >= 11 is 0. The van der Waals surface area contributed by atoms with Crippen LogP contribution >= 0.6 is 0 Å². The molecule has 2 aromatic rings. The highest BCUT2D eigenvalue weighted by Crippen LogP contribution is 2.35. The van der Waals surface area contributed by atoms with E-state index in [-0.39, 0.29) is 18.0 Å². The Bertz CT molecular complexity index is 649. The molecule has 1 heterocycles. The van der Waals surface area contributed by atoms with E-state index in [9.17, 15) is 4.39 Å². The monoisotopic (exact) mass is 287 g/mol. The summed E-state index contributed by atoms with van der Waals surface area (Å²) in [6.45, 7) is 4.11. The van der Waals surface area contributed by atoms with Crippen molar-refractivity contribution in [3.05, 3.63) is 58.9 Å². The lowest BCUT2D eigenvalue weighted by atomic mass is 9.93. The highest BCUT2D eigenvalue weighted by atomic mass is 19.1. The molecular formula is C17H18FNO2. The van der Waals surface area contributed by atoms with Crippen LogP contribution in [0.5, 0.6) is 11.5 Å². The molecule has 0 aliphatic carbocycles. The molecule has 2 unspecified atom stereocenters. The zero-order valence-electron chi connectivity index (χ0n) is 12.1. The lowest BCUT2D eigenvalue weighted by Crippen LogP contribution is -2.39. The van der Waals surface area contributed by atoms with Crippen molar-refractivity contribution in [2.24, 2.45) is 5.73 Å². The Morgan fingerprint density at radius 2 is 1.76 bits per heavy atom. The first kappa shape index (κ1) is 13.9. The second-order valence-corrected chi connectivity index (χ2v) is 5.39. The molecule has 0 saturated carbocycles. The van der Waals surface area contributed by atoms with E-state index in [0.29, 0.717) is 12.4 Å². The third kappa shape index (κ3) is 2.59. The van der Waals surface area contributed by atoms with Gasteiger partial charge in [-0.3, -0.25) is 0 Å². The standard InChI is InChI=1S/C17H18FNO2/c1-10-7-12(18)8-11(2)16(10)17(19)15-9-20-13-5-3-4-6-14(13)21-15/h3-8,15,17H,9,19H2,1-2H3. The number of ether oxygens (including phenoxy) is 2. The van der Waals surface area contributed by atoms with Crippen molar-refractivity contribution in [1.29, 1.82) is 0 Å². The van der Waals surface area contributed by atoms with E-state index in [0.717, 1.165) is 22.4 Å². The van der Waals surface area contributed by atoms with Crippen LogP contribution in [-0.4, -0.2) is 12.7 Å². The van der Waals surface area contributed by atoms with Crippen LogP contribution in [0.3, 0.4) is 0 Å². The molecule has 2 aromatic carbocycles. The molecule has 110 valence electrons. The van der Waals surface area contributed by atoms with Crippen molar-refractivity contribution in [2.75, 3.05) is 6.61 Å². The summed E-state index contributed by atoms with van der Waals surface area (Å²) in [5.74, 6) is 1.18. The molecule has 4 heteroatoms. The fraction of sp³-hybridized carbons (Fsp3) is 0.294. The first-order chi connectivity index (χ1) is 10.1. The number of hydrogen-bond donors (Lipinski definition) is 1. The summed E-state index contributed by atoms with van der Waals surface area (Å²) in [5, 5.41) is 0. The minimum absolute atomic E-state index is 0.243. The first-order valence-corrected chi connectivity index (χ1v) is 6.97. The number of para-hydroxylation sites is 2. The summed E-state index contributed by atoms with van der Waals surface area (Å²) in [4.78, 5) is 0. The molecule has 0 aromatic heterocycles. The first-order valence-electron chi connectivity index (χ1n) is 6.97. The maximum atomic E-state index is 13.4. The summed E-state index contributed by atoms with van der Waals surface area (Å²) < 4.78 is 25.1. The lowest BCUT2D eigenvalue weighted by molar-refractivity contribution is 0.0718. The Hall–Kier alpha value is -2.07. The molecule has 0 bridgehead atoms. The predicted molar refractivity (Wildman–Crippen MR) is 79.2 cm³/mol. The minimum Gasteiger partial charge on any atom is -0.486 e. The fourth-order valence-electron chi connectivity index (χ4n) is 2.85. The van der Waals surface area contributed by atoms with Crippen molar-refractivity contribution < 1.29 is 13.9 Å². The van der Waals surface area contributed by atoms with Gasteiger partial charge in [-0.2, -0.15) is 0 Å². The molecule has 2 N–H and O–H groups in total. The summed E-state index contributed by atoms with van der Waals surface area (Å²) in [5.41, 5.74) is 8.94. The molecule has 0 spiro atoms. The molecule has 0 saturated heterocycles. The van der Waals surface area contributed by atoms with Crippen LogP contribution in [0.15, 0.2) is 36.4 Å². The van der Waals surface area contributed by atoms with Crippen LogP contribution < -0.4 is 15.2 Å². The molecule has 0 amide bonds. The smallest absolute Gasteiger partial charge is 0.161 e. The predicted octanol–water partition coefficient (Wildman–Crippen LogP) is 3.28. The minimum atomic E-state index is -0.362. The topological polar surface area (TPSA) is 44.5 Å². The molecule has 1 aliphatic rings. The Kier molecular flexibility index (Phi) is 3.55. The third-order valence-corrected chi connectivity index (χ3v) is 3.82. The highest BCUT2D eigenvalue weighted by molar-refractivity contribution is 5.42. The number of benzene rings is 2. The Morgan fingerprint density at radius 3 is 2.43 bits per heavy atom. The van der Waals surface area contributed by atoms with Gasteiger partial charge in [0.1, 0.15) is 12.4 Å². The largest absolute Gasteiger partial charge is 0.486 e. The normalized spacial score (nSPS) is 18.4. The number of nitrogens with two attached hydrogens (primary N) is 1. The van der Waals surface area contributed by atoms with Gasteiger partial charge in [0.15, 0.2) is 17.6 Å². The number of fused-ring (bicyclic) bond motifs is 1. The van der Waals surface area contributed by atoms with Gasteiger partial charge < -0.3 is 15.2 Å². The van der Waals surface area contributed by atoms with E-state index >= 15 is 0 Å². The molecule has 0 radical (unpaired) electrons. The van der Waals surface area contributed by atoms with Crippen molar-refractivity contribution in [3.63, 3.8) is 0 Å². The Morgan fingerprint density at radius 1 is 1.14 bits per heavy atom. The number of rotatable bonds is 2. The van der Waals surface area contributed by atoms with Gasteiger partial charge in [0.2, 0.25) is 0 Å². The molecule has 3 nitrogen and oxygen atoms in total. The van der Waals surface area contributed by atoms with E-state index in [1.165, 1.54) is 12.1 Å². The molecule has 21 heavy (non-hydrogen) atoms. The van der Waals surface area contributed by atoms with Gasteiger partial charge in [-0.25, -0.2) is 4.39 Å². The van der Waals surface area contributed by atoms with Crippen molar-refractivity contribution in [2.45, 2.75) is 26.0 Å². The molecular weight excluding hydrogens is 269 g/mol. The quantitative estimate of drug-likeness (QED) is 0.922. The maximum Gasteiger partial charge on any atom is 0.161 e. The van der Waals surface area contributed by atoms with Gasteiger partial charge in [-0.15, -0.1) is 0 Å². The van der Waals surface area contributed by atoms with Gasteiger partial charge in [0, 0.05) is 0 Å². The number of hydrogen-bond acceptors (Lipinski definition) is 3. The van der Waals surface area contributed by atoms with Crippen LogP contribution in [0.2, 0.25) is 0 Å². The van der Waals surface area contributed by atoms with Gasteiger partial charge in [-0.1, -0.05) is 12.1 Å². The average molecular weight is 287 g/mol. The van der Waals surface area contributed by atoms with Gasteiger partial charge in [0.05, 0.1) is 6.04 Å². The van der Waals surface area contributed by atoms with E-state index in [1.54, 1.807) is 0 Å². The number of halogens is 1. The fourth-order valence-corrected chi connectivity index (χ4v) is 2.85. The SMILES string of the molecule is Cc1cc(F)cc(C)c1C(N)C1COc2ccccc2O1. The zero-order valence-corrected chi connectivity index (χ0v) is 12.1. The molecule has 3 rings (SSSR count). The Labute approximate surface area is 123 Å². The average Bonchev–Trinajstić information content (AvgIpc) is 2.45. The van der Waals surface area contributed by atoms with Gasteiger partial charge >= 0.3 is 0 Å². The lowest BCUT2D eigenvalue weighted by Gasteiger charge is -2.31. The maximum absolute atomic E-state index is 13.4. The van der Waals surface area contributed by atoms with Crippen molar-refractivity contribution in [3.8, 4) is 11.5 Å². The van der Waals surface area contributed by atoms with Crippen LogP contribution in [-0.2, 0) is 0 Å². The van der Waals surface area contributed by atoms with Crippen LogP contribution in [0.4, 0.5) is 4.39 Å². The zero-order chi connectivity index (χ0) is 15.0. The van der Waals surface area contributed by atoms with Crippen LogP contribution in [0.1, 0.15) is 22.7 Å². The van der Waals surface area contributed by atoms with Crippen LogP contribution in [0.25, 0.3) is 0 Å². The van der Waals surface area contributed by atoms with E-state index in [4.69, 9.17) is 15.2 Å². The summed E-state index contributed by atoms with van der Waals surface area (Å²) in [6, 6.07) is 10.2. The van der Waals surface area contributed by atoms with Crippen molar-refractivity contribution in [1.82, 2.24) is 0 Å². The molecule has 0 fully saturated rings. The summed E-state index contributed by atoms with van der Waals surface area (Å²) in [6.07, 6.45) is -0.289. The van der Waals surface area contributed by atoms with Crippen LogP contribution in [0, 0.1) is 19.7 Å². The van der Waals surface area contributed by atoms with E-state index in [1.807, 2.05) is 38.1 Å². The second-order valence-electron chi connectivity index (χ2n) is 5.39. The van der Waals surface area contributed by atoms with E-state index < -0.39 is 0 Å². The van der Waals surface area contributed by atoms with E-state index in [2.05, 4.69) is 0 Å².